The van der Waals surface area contributed by atoms with Crippen molar-refractivity contribution in [2.45, 2.75) is 24.9 Å². The van der Waals surface area contributed by atoms with Gasteiger partial charge in [0, 0.05) is 18.5 Å². The highest BCUT2D eigenvalue weighted by Crippen LogP contribution is 2.42. The number of carbonyl (C=O) groups is 2. The zero-order valence-electron chi connectivity index (χ0n) is 12.9. The van der Waals surface area contributed by atoms with Gasteiger partial charge in [-0.3, -0.25) is 9.59 Å². The summed E-state index contributed by atoms with van der Waals surface area (Å²) in [7, 11) is 0. The summed E-state index contributed by atoms with van der Waals surface area (Å²) in [5.41, 5.74) is -0.922. The Kier molecular flexibility index (Phi) is 4.19. The molecule has 6 nitrogen and oxygen atoms in total. The van der Waals surface area contributed by atoms with Gasteiger partial charge in [0.25, 0.3) is 5.91 Å². The minimum atomic E-state index is -1.91. The second-order valence-corrected chi connectivity index (χ2v) is 5.67. The second kappa shape index (κ2) is 6.30. The van der Waals surface area contributed by atoms with Crippen LogP contribution in [-0.2, 0) is 10.4 Å². The number of hydrogen-bond donors (Lipinski definition) is 1. The Morgan fingerprint density at radius 1 is 1.29 bits per heavy atom. The molecule has 1 aliphatic heterocycles. The summed E-state index contributed by atoms with van der Waals surface area (Å²) in [6.07, 6.45) is 1.80. The topological polar surface area (TPSA) is 94.5 Å². The molecule has 6 heteroatoms. The Bertz CT molecular complexity index is 807. The number of ketones is 1. The van der Waals surface area contributed by atoms with Crippen molar-refractivity contribution in [2.24, 2.45) is 0 Å². The number of nitrogens with zero attached hydrogens (tertiary/aromatic N) is 2. The summed E-state index contributed by atoms with van der Waals surface area (Å²) in [5.74, 6) is -0.872. The lowest BCUT2D eigenvalue weighted by Crippen LogP contribution is -2.42. The Balaban J connectivity index is 1.91. The summed E-state index contributed by atoms with van der Waals surface area (Å²) in [4.78, 5) is 26.6. The van der Waals surface area contributed by atoms with Gasteiger partial charge in [-0.2, -0.15) is 5.26 Å². The minimum absolute atomic E-state index is 0.108. The number of para-hydroxylation sites is 1. The summed E-state index contributed by atoms with van der Waals surface area (Å²) >= 11 is 0. The minimum Gasteiger partial charge on any atom is -0.461 e. The number of amides is 1. The lowest BCUT2D eigenvalue weighted by atomic mass is 9.89. The first-order chi connectivity index (χ1) is 11.6. The van der Waals surface area contributed by atoms with Crippen LogP contribution in [0.4, 0.5) is 5.69 Å². The van der Waals surface area contributed by atoms with Crippen molar-refractivity contribution in [3.8, 4) is 6.07 Å². The Morgan fingerprint density at radius 3 is 2.79 bits per heavy atom. The van der Waals surface area contributed by atoms with E-state index >= 15 is 0 Å². The molecule has 24 heavy (non-hydrogen) atoms. The van der Waals surface area contributed by atoms with Crippen molar-refractivity contribution in [3.05, 3.63) is 54.0 Å². The van der Waals surface area contributed by atoms with Crippen molar-refractivity contribution in [3.63, 3.8) is 0 Å². The van der Waals surface area contributed by atoms with Crippen LogP contribution in [0.5, 0.6) is 0 Å². The second-order valence-electron chi connectivity index (χ2n) is 5.67. The molecule has 122 valence electrons. The van der Waals surface area contributed by atoms with Crippen molar-refractivity contribution in [1.29, 1.82) is 5.26 Å². The van der Waals surface area contributed by atoms with E-state index in [9.17, 15) is 14.7 Å². The van der Waals surface area contributed by atoms with Crippen LogP contribution in [0.1, 0.15) is 35.4 Å². The van der Waals surface area contributed by atoms with Gasteiger partial charge in [-0.15, -0.1) is 0 Å². The van der Waals surface area contributed by atoms with Crippen molar-refractivity contribution < 1.29 is 19.1 Å². The molecule has 1 aliphatic rings. The largest absolute Gasteiger partial charge is 0.461 e. The van der Waals surface area contributed by atoms with Crippen LogP contribution >= 0.6 is 0 Å². The molecule has 1 N–H and O–H groups in total. The van der Waals surface area contributed by atoms with Gasteiger partial charge in [0.15, 0.2) is 11.4 Å². The molecule has 0 radical (unpaired) electrons. The number of aliphatic hydroxyl groups is 1. The molecule has 3 rings (SSSR count). The number of anilines is 1. The number of nitriles is 1. The molecule has 0 spiro atoms. The normalized spacial score (nSPS) is 19.2. The summed E-state index contributed by atoms with van der Waals surface area (Å²) in [6.45, 7) is 0.320. The van der Waals surface area contributed by atoms with Crippen molar-refractivity contribution in [1.82, 2.24) is 0 Å². The fourth-order valence-corrected chi connectivity index (χ4v) is 2.97. The van der Waals surface area contributed by atoms with Crippen LogP contribution in [0.3, 0.4) is 0 Å². The number of Topliss-reactive ketones (excluding diaryl/α,β-unsaturated/α-hetero) is 1. The Labute approximate surface area is 138 Å². The number of furan rings is 1. The average Bonchev–Trinajstić information content (AvgIpc) is 3.18. The molecule has 0 saturated carbocycles. The van der Waals surface area contributed by atoms with Crippen molar-refractivity contribution >= 4 is 17.4 Å². The van der Waals surface area contributed by atoms with E-state index in [1.165, 1.54) is 17.2 Å². The van der Waals surface area contributed by atoms with Crippen LogP contribution in [0.25, 0.3) is 0 Å². The highest BCUT2D eigenvalue weighted by molar-refractivity contribution is 6.10. The smallest absolute Gasteiger partial charge is 0.264 e. The Morgan fingerprint density at radius 2 is 2.08 bits per heavy atom. The van der Waals surface area contributed by atoms with Crippen LogP contribution in [-0.4, -0.2) is 23.3 Å². The lowest BCUT2D eigenvalue weighted by Gasteiger charge is -2.22. The molecule has 1 aromatic heterocycles. The highest BCUT2D eigenvalue weighted by Gasteiger charge is 2.50. The van der Waals surface area contributed by atoms with Gasteiger partial charge in [0.2, 0.25) is 5.78 Å². The van der Waals surface area contributed by atoms with Crippen LogP contribution in [0.15, 0.2) is 47.1 Å². The molecule has 2 heterocycles. The van der Waals surface area contributed by atoms with Gasteiger partial charge >= 0.3 is 0 Å². The average molecular weight is 324 g/mol. The van der Waals surface area contributed by atoms with Gasteiger partial charge in [-0.25, -0.2) is 0 Å². The third kappa shape index (κ3) is 2.59. The molecule has 0 fully saturated rings. The summed E-state index contributed by atoms with van der Waals surface area (Å²) in [5, 5.41) is 19.7. The first kappa shape index (κ1) is 16.0. The first-order valence-electron chi connectivity index (χ1n) is 7.65. The monoisotopic (exact) mass is 324 g/mol. The van der Waals surface area contributed by atoms with Crippen molar-refractivity contribution in [2.75, 3.05) is 11.4 Å². The third-order valence-electron chi connectivity index (χ3n) is 4.12. The first-order valence-corrected chi connectivity index (χ1v) is 7.65. The van der Waals surface area contributed by atoms with Crippen LogP contribution in [0, 0.1) is 11.3 Å². The fourth-order valence-electron chi connectivity index (χ4n) is 2.97. The molecule has 1 atom stereocenters. The van der Waals surface area contributed by atoms with Gasteiger partial charge in [0.05, 0.1) is 24.4 Å². The van der Waals surface area contributed by atoms with E-state index in [2.05, 4.69) is 0 Å². The van der Waals surface area contributed by atoms with Gasteiger partial charge in [-0.05, 0) is 24.6 Å². The van der Waals surface area contributed by atoms with E-state index < -0.39 is 17.3 Å². The molecule has 1 aromatic carbocycles. The quantitative estimate of drug-likeness (QED) is 0.650. The molecular weight excluding hydrogens is 308 g/mol. The van der Waals surface area contributed by atoms with E-state index in [0.717, 1.165) is 0 Å². The van der Waals surface area contributed by atoms with E-state index in [4.69, 9.17) is 9.68 Å². The van der Waals surface area contributed by atoms with Gasteiger partial charge in [0.1, 0.15) is 0 Å². The van der Waals surface area contributed by atoms with Gasteiger partial charge in [-0.1, -0.05) is 18.2 Å². The predicted molar refractivity (Wildman–Crippen MR) is 85.2 cm³/mol. The summed E-state index contributed by atoms with van der Waals surface area (Å²) < 4.78 is 5.06. The molecule has 0 unspecified atom stereocenters. The predicted octanol–water partition coefficient (Wildman–Crippen LogP) is 2.39. The van der Waals surface area contributed by atoms with E-state index in [0.29, 0.717) is 30.6 Å². The lowest BCUT2D eigenvalue weighted by molar-refractivity contribution is -0.135. The van der Waals surface area contributed by atoms with Crippen LogP contribution < -0.4 is 4.90 Å². The maximum absolute atomic E-state index is 12.8. The highest BCUT2D eigenvalue weighted by atomic mass is 16.3. The maximum Gasteiger partial charge on any atom is 0.264 e. The third-order valence-corrected chi connectivity index (χ3v) is 4.12. The van der Waals surface area contributed by atoms with Gasteiger partial charge < -0.3 is 14.4 Å². The fraction of sp³-hybridized carbons (Fsp3) is 0.278. The number of carbonyl (C=O) groups excluding carboxylic acids is 2. The van der Waals surface area contributed by atoms with E-state index in [1.807, 2.05) is 6.07 Å². The maximum atomic E-state index is 12.8. The summed E-state index contributed by atoms with van der Waals surface area (Å²) in [6, 6.07) is 12.0. The number of fused-ring (bicyclic) bond motifs is 1. The zero-order valence-corrected chi connectivity index (χ0v) is 12.9. The SMILES string of the molecule is N#CCCCN1C(=O)[C@@](O)(CC(=O)c2ccco2)c2ccccc21. The Hall–Kier alpha value is -2.91. The number of unbranched alkanes of at least 4 members (excludes halogenated alkanes) is 1. The molecule has 0 aliphatic carbocycles. The zero-order chi connectivity index (χ0) is 17.2. The van der Waals surface area contributed by atoms with E-state index in [-0.39, 0.29) is 12.2 Å². The number of rotatable bonds is 6. The number of hydrogen-bond acceptors (Lipinski definition) is 5. The van der Waals surface area contributed by atoms with Crippen LogP contribution in [0.2, 0.25) is 0 Å². The molecule has 0 bridgehead atoms. The number of benzene rings is 1. The molecule has 2 aromatic rings. The molecular formula is C18H16N2O4. The molecule has 0 saturated heterocycles. The molecule has 1 amide bonds. The van der Waals surface area contributed by atoms with E-state index in [1.54, 1.807) is 30.3 Å². The standard InChI is InChI=1S/C18H16N2O4/c19-9-3-4-10-20-14-7-2-1-6-13(14)18(23,17(20)22)12-15(21)16-8-5-11-24-16/h1-2,5-8,11,23H,3-4,10,12H2/t18-/m1/s1.